The van der Waals surface area contributed by atoms with E-state index >= 15 is 0 Å². The average Bonchev–Trinajstić information content (AvgIpc) is 2.34. The number of hydrogen-bond acceptors (Lipinski definition) is 1. The Bertz CT molecular complexity index is 354. The van der Waals surface area contributed by atoms with E-state index in [0.29, 0.717) is 0 Å². The maximum absolute atomic E-state index is 4.11. The SMILES string of the molecule is Cn1ncc2ccccc21.[Pt]. The summed E-state index contributed by atoms with van der Waals surface area (Å²) in [6.07, 6.45) is 1.87. The van der Waals surface area contributed by atoms with Gasteiger partial charge in [0.15, 0.2) is 0 Å². The Labute approximate surface area is 79.5 Å². The molecule has 0 fully saturated rings. The molecule has 0 bridgehead atoms. The first-order chi connectivity index (χ1) is 4.88. The van der Waals surface area contributed by atoms with Crippen molar-refractivity contribution in [2.24, 2.45) is 7.05 Å². The second-order valence-corrected chi connectivity index (χ2v) is 2.33. The third kappa shape index (κ3) is 1.36. The van der Waals surface area contributed by atoms with Crippen molar-refractivity contribution < 1.29 is 21.1 Å². The van der Waals surface area contributed by atoms with E-state index < -0.39 is 0 Å². The fourth-order valence-electron chi connectivity index (χ4n) is 1.10. The summed E-state index contributed by atoms with van der Waals surface area (Å²) in [5.74, 6) is 0. The summed E-state index contributed by atoms with van der Waals surface area (Å²) in [6.45, 7) is 0. The first kappa shape index (κ1) is 8.47. The monoisotopic (exact) mass is 327 g/mol. The molecule has 1 aromatic carbocycles. The van der Waals surface area contributed by atoms with Crippen molar-refractivity contribution in [3.05, 3.63) is 30.5 Å². The van der Waals surface area contributed by atoms with Gasteiger partial charge in [0.1, 0.15) is 0 Å². The van der Waals surface area contributed by atoms with Crippen molar-refractivity contribution in [3.8, 4) is 0 Å². The van der Waals surface area contributed by atoms with Gasteiger partial charge in [-0.3, -0.25) is 4.68 Å². The molecule has 11 heavy (non-hydrogen) atoms. The van der Waals surface area contributed by atoms with E-state index in [0.717, 1.165) is 0 Å². The third-order valence-electron chi connectivity index (χ3n) is 1.66. The Balaban J connectivity index is 0.000000605. The molecule has 3 heteroatoms. The smallest absolute Gasteiger partial charge is 0.0679 e. The number of benzene rings is 1. The van der Waals surface area contributed by atoms with Crippen LogP contribution in [0.15, 0.2) is 30.5 Å². The minimum atomic E-state index is 0. The molecular formula is C8H8N2Pt. The van der Waals surface area contributed by atoms with Crippen LogP contribution in [0, 0.1) is 0 Å². The van der Waals surface area contributed by atoms with Crippen molar-refractivity contribution in [1.82, 2.24) is 9.78 Å². The van der Waals surface area contributed by atoms with E-state index in [4.69, 9.17) is 0 Å². The summed E-state index contributed by atoms with van der Waals surface area (Å²) in [5.41, 5.74) is 1.18. The van der Waals surface area contributed by atoms with Gasteiger partial charge in [-0.25, -0.2) is 0 Å². The van der Waals surface area contributed by atoms with Crippen LogP contribution in [0.2, 0.25) is 0 Å². The van der Waals surface area contributed by atoms with Gasteiger partial charge in [-0.05, 0) is 6.07 Å². The topological polar surface area (TPSA) is 17.8 Å². The number of para-hydroxylation sites is 1. The van der Waals surface area contributed by atoms with E-state index in [-0.39, 0.29) is 21.1 Å². The van der Waals surface area contributed by atoms with Gasteiger partial charge in [0.2, 0.25) is 0 Å². The van der Waals surface area contributed by atoms with Crippen LogP contribution in [0.4, 0.5) is 0 Å². The van der Waals surface area contributed by atoms with Gasteiger partial charge in [-0.15, -0.1) is 0 Å². The van der Waals surface area contributed by atoms with Crippen molar-refractivity contribution in [2.75, 3.05) is 0 Å². The maximum atomic E-state index is 4.11. The molecule has 0 unspecified atom stereocenters. The fourth-order valence-corrected chi connectivity index (χ4v) is 1.10. The Morgan fingerprint density at radius 3 is 2.73 bits per heavy atom. The number of hydrogen-bond donors (Lipinski definition) is 0. The van der Waals surface area contributed by atoms with Gasteiger partial charge in [0.05, 0.1) is 11.7 Å². The summed E-state index contributed by atoms with van der Waals surface area (Å²) < 4.78 is 1.87. The molecule has 1 aromatic heterocycles. The Hall–Kier alpha value is -0.622. The molecule has 0 aliphatic heterocycles. The van der Waals surface area contributed by atoms with Crippen LogP contribution in [0.5, 0.6) is 0 Å². The van der Waals surface area contributed by atoms with E-state index in [1.54, 1.807) is 0 Å². The van der Waals surface area contributed by atoms with Crippen LogP contribution in [0.3, 0.4) is 0 Å². The van der Waals surface area contributed by atoms with E-state index in [2.05, 4.69) is 17.2 Å². The average molecular weight is 327 g/mol. The standard InChI is InChI=1S/C8H8N2.Pt/c1-10-8-5-3-2-4-7(8)6-9-10;/h2-6H,1H3;. The molecule has 0 spiro atoms. The van der Waals surface area contributed by atoms with Crippen LogP contribution in [-0.2, 0) is 28.1 Å². The number of nitrogens with zero attached hydrogens (tertiary/aromatic N) is 2. The van der Waals surface area contributed by atoms with Crippen molar-refractivity contribution >= 4 is 10.9 Å². The van der Waals surface area contributed by atoms with Crippen LogP contribution in [0.25, 0.3) is 10.9 Å². The summed E-state index contributed by atoms with van der Waals surface area (Å²) in [4.78, 5) is 0. The van der Waals surface area contributed by atoms with Crippen LogP contribution in [-0.4, -0.2) is 9.78 Å². The predicted molar refractivity (Wildman–Crippen MR) is 40.7 cm³/mol. The Morgan fingerprint density at radius 1 is 1.27 bits per heavy atom. The molecule has 60 valence electrons. The van der Waals surface area contributed by atoms with Crippen LogP contribution in [0.1, 0.15) is 0 Å². The Morgan fingerprint density at radius 2 is 2.00 bits per heavy atom. The largest absolute Gasteiger partial charge is 0.268 e. The minimum absolute atomic E-state index is 0. The molecule has 2 aromatic rings. The molecule has 0 saturated heterocycles. The number of aryl methyl sites for hydroxylation is 1. The van der Waals surface area contributed by atoms with E-state index in [1.165, 1.54) is 10.9 Å². The minimum Gasteiger partial charge on any atom is -0.268 e. The molecule has 2 nitrogen and oxygen atoms in total. The number of aromatic nitrogens is 2. The summed E-state index contributed by atoms with van der Waals surface area (Å²) in [6, 6.07) is 8.15. The summed E-state index contributed by atoms with van der Waals surface area (Å²) in [5, 5.41) is 5.31. The van der Waals surface area contributed by atoms with Gasteiger partial charge in [0.25, 0.3) is 0 Å². The molecule has 0 aliphatic rings. The zero-order valence-electron chi connectivity index (χ0n) is 6.10. The predicted octanol–water partition coefficient (Wildman–Crippen LogP) is 1.57. The van der Waals surface area contributed by atoms with Gasteiger partial charge in [0, 0.05) is 33.5 Å². The summed E-state index contributed by atoms with van der Waals surface area (Å²) >= 11 is 0. The summed E-state index contributed by atoms with van der Waals surface area (Å²) in [7, 11) is 1.95. The first-order valence-electron chi connectivity index (χ1n) is 3.25. The van der Waals surface area contributed by atoms with Gasteiger partial charge in [-0.1, -0.05) is 18.2 Å². The van der Waals surface area contributed by atoms with Gasteiger partial charge >= 0.3 is 0 Å². The quantitative estimate of drug-likeness (QED) is 0.718. The van der Waals surface area contributed by atoms with Crippen molar-refractivity contribution in [3.63, 3.8) is 0 Å². The second kappa shape index (κ2) is 3.18. The Kier molecular flexibility index (Phi) is 2.45. The number of rotatable bonds is 0. The van der Waals surface area contributed by atoms with Gasteiger partial charge < -0.3 is 0 Å². The van der Waals surface area contributed by atoms with Crippen molar-refractivity contribution in [1.29, 1.82) is 0 Å². The van der Waals surface area contributed by atoms with E-state index in [1.807, 2.05) is 30.1 Å². The van der Waals surface area contributed by atoms with Gasteiger partial charge in [-0.2, -0.15) is 5.10 Å². The fraction of sp³-hybridized carbons (Fsp3) is 0.125. The molecule has 2 rings (SSSR count). The van der Waals surface area contributed by atoms with Crippen LogP contribution < -0.4 is 0 Å². The van der Waals surface area contributed by atoms with Crippen molar-refractivity contribution in [2.45, 2.75) is 0 Å². The molecule has 0 amide bonds. The maximum Gasteiger partial charge on any atom is 0.0679 e. The molecule has 0 saturated carbocycles. The number of fused-ring (bicyclic) bond motifs is 1. The first-order valence-corrected chi connectivity index (χ1v) is 3.25. The third-order valence-corrected chi connectivity index (χ3v) is 1.66. The molecular weight excluding hydrogens is 319 g/mol. The second-order valence-electron chi connectivity index (χ2n) is 2.33. The molecule has 0 atom stereocenters. The molecule has 1 heterocycles. The molecule has 0 radical (unpaired) electrons. The zero-order valence-corrected chi connectivity index (χ0v) is 8.37. The zero-order chi connectivity index (χ0) is 6.97. The molecule has 0 aliphatic carbocycles. The normalized spacial score (nSPS) is 9.55. The van der Waals surface area contributed by atoms with Crippen LogP contribution >= 0.6 is 0 Å². The molecule has 0 N–H and O–H groups in total. The van der Waals surface area contributed by atoms with E-state index in [9.17, 15) is 0 Å².